The van der Waals surface area contributed by atoms with Gasteiger partial charge in [0.2, 0.25) is 0 Å². The Labute approximate surface area is 127 Å². The van der Waals surface area contributed by atoms with E-state index in [-0.39, 0.29) is 22.7 Å². The Morgan fingerprint density at radius 1 is 1.43 bits per heavy atom. The molecule has 1 aromatic carbocycles. The molecular weight excluding hydrogens is 318 g/mol. The lowest BCUT2D eigenvalue weighted by Gasteiger charge is -2.13. The van der Waals surface area contributed by atoms with Crippen molar-refractivity contribution in [3.05, 3.63) is 18.2 Å². The molecule has 0 saturated carbocycles. The summed E-state index contributed by atoms with van der Waals surface area (Å²) in [6.45, 7) is 1.90. The highest BCUT2D eigenvalue weighted by Gasteiger charge is 2.28. The zero-order chi connectivity index (χ0) is 15.6. The largest absolute Gasteiger partial charge is 0.495 e. The molecule has 2 unspecified atom stereocenters. The van der Waals surface area contributed by atoms with Gasteiger partial charge in [-0.25, -0.2) is 8.42 Å². The Hall–Kier alpha value is -1.31. The Kier molecular flexibility index (Phi) is 4.75. The van der Waals surface area contributed by atoms with E-state index in [4.69, 9.17) is 20.2 Å². The van der Waals surface area contributed by atoms with Crippen LogP contribution < -0.4 is 10.1 Å². The smallest absolute Gasteiger partial charge is 0.265 e. The first-order valence-corrected chi connectivity index (χ1v) is 8.71. The van der Waals surface area contributed by atoms with Gasteiger partial charge in [0.25, 0.3) is 15.0 Å². The monoisotopic (exact) mass is 333 g/mol. The van der Waals surface area contributed by atoms with Gasteiger partial charge in [-0.2, -0.15) is 0 Å². The summed E-state index contributed by atoms with van der Waals surface area (Å²) >= 11 is 0. The molecule has 1 heterocycles. The molecule has 0 radical (unpaired) electrons. The maximum Gasteiger partial charge on any atom is 0.265 e. The number of halogens is 1. The average molecular weight is 334 g/mol. The number of rotatable bonds is 4. The lowest BCUT2D eigenvalue weighted by atomic mass is 10.2. The van der Waals surface area contributed by atoms with Crippen LogP contribution in [-0.2, 0) is 18.6 Å². The molecule has 1 N–H and O–H groups in total. The van der Waals surface area contributed by atoms with Crippen molar-refractivity contribution in [2.75, 3.05) is 12.4 Å². The minimum Gasteiger partial charge on any atom is -0.495 e. The highest BCUT2D eigenvalue weighted by molar-refractivity contribution is 8.13. The number of anilines is 1. The van der Waals surface area contributed by atoms with Crippen LogP contribution in [0.25, 0.3) is 0 Å². The van der Waals surface area contributed by atoms with Crippen molar-refractivity contribution < 1.29 is 22.7 Å². The van der Waals surface area contributed by atoms with Gasteiger partial charge in [0.1, 0.15) is 16.7 Å². The summed E-state index contributed by atoms with van der Waals surface area (Å²) in [5.74, 6) is -0.184. The Morgan fingerprint density at radius 3 is 2.67 bits per heavy atom. The van der Waals surface area contributed by atoms with Gasteiger partial charge in [-0.3, -0.25) is 4.79 Å². The van der Waals surface area contributed by atoms with Crippen molar-refractivity contribution in [2.24, 2.45) is 0 Å². The average Bonchev–Trinajstić information content (AvgIpc) is 2.84. The molecule has 2 atom stereocenters. The topological polar surface area (TPSA) is 81.7 Å². The van der Waals surface area contributed by atoms with Crippen molar-refractivity contribution in [1.29, 1.82) is 0 Å². The van der Waals surface area contributed by atoms with E-state index in [1.165, 1.54) is 19.2 Å². The third-order valence-corrected chi connectivity index (χ3v) is 4.56. The fourth-order valence-electron chi connectivity index (χ4n) is 2.16. The number of methoxy groups -OCH3 is 1. The Balaban J connectivity index is 2.19. The van der Waals surface area contributed by atoms with Crippen LogP contribution in [0.1, 0.15) is 19.8 Å². The van der Waals surface area contributed by atoms with E-state index in [1.54, 1.807) is 6.07 Å². The molecule has 0 aliphatic carbocycles. The molecule has 2 rings (SSSR count). The van der Waals surface area contributed by atoms with Gasteiger partial charge < -0.3 is 14.8 Å². The molecule has 21 heavy (non-hydrogen) atoms. The molecule has 1 amide bonds. The number of benzene rings is 1. The zero-order valence-electron chi connectivity index (χ0n) is 11.6. The molecule has 116 valence electrons. The summed E-state index contributed by atoms with van der Waals surface area (Å²) in [5.41, 5.74) is 0.322. The summed E-state index contributed by atoms with van der Waals surface area (Å²) < 4.78 is 33.4. The van der Waals surface area contributed by atoms with Gasteiger partial charge in [0.05, 0.1) is 13.2 Å². The van der Waals surface area contributed by atoms with Crippen LogP contribution in [0.5, 0.6) is 5.75 Å². The SMILES string of the molecule is COc1ccc(NC(=O)C2CCC(C)O2)cc1S(=O)(=O)Cl. The lowest BCUT2D eigenvalue weighted by Crippen LogP contribution is -2.27. The predicted molar refractivity (Wildman–Crippen MR) is 78.2 cm³/mol. The third-order valence-electron chi connectivity index (χ3n) is 3.22. The molecule has 1 aliphatic rings. The second-order valence-corrected chi connectivity index (χ2v) is 7.34. The van der Waals surface area contributed by atoms with E-state index in [0.29, 0.717) is 12.1 Å². The summed E-state index contributed by atoms with van der Waals surface area (Å²) in [4.78, 5) is 11.8. The maximum absolute atomic E-state index is 12.0. The minimum atomic E-state index is -3.97. The molecule has 6 nitrogen and oxygen atoms in total. The van der Waals surface area contributed by atoms with Crippen molar-refractivity contribution in [3.8, 4) is 5.75 Å². The van der Waals surface area contributed by atoms with E-state index in [9.17, 15) is 13.2 Å². The van der Waals surface area contributed by atoms with E-state index in [1.807, 2.05) is 6.92 Å². The normalized spacial score (nSPS) is 22.0. The van der Waals surface area contributed by atoms with E-state index in [2.05, 4.69) is 5.32 Å². The quantitative estimate of drug-likeness (QED) is 0.854. The van der Waals surface area contributed by atoms with Crippen molar-refractivity contribution in [1.82, 2.24) is 0 Å². The first-order valence-electron chi connectivity index (χ1n) is 6.40. The van der Waals surface area contributed by atoms with Gasteiger partial charge in [-0.05, 0) is 38.0 Å². The van der Waals surface area contributed by atoms with Crippen LogP contribution >= 0.6 is 10.7 Å². The number of hydrogen-bond acceptors (Lipinski definition) is 5. The van der Waals surface area contributed by atoms with Crippen molar-refractivity contribution in [2.45, 2.75) is 36.9 Å². The minimum absolute atomic E-state index is 0.0513. The number of carbonyl (C=O) groups excluding carboxylic acids is 1. The first-order chi connectivity index (χ1) is 9.81. The molecule has 0 bridgehead atoms. The van der Waals surface area contributed by atoms with Crippen LogP contribution in [0.15, 0.2) is 23.1 Å². The first kappa shape index (κ1) is 16.1. The fourth-order valence-corrected chi connectivity index (χ4v) is 3.18. The van der Waals surface area contributed by atoms with Crippen molar-refractivity contribution in [3.63, 3.8) is 0 Å². The number of ether oxygens (including phenoxy) is 2. The second kappa shape index (κ2) is 6.21. The highest BCUT2D eigenvalue weighted by Crippen LogP contribution is 2.30. The van der Waals surface area contributed by atoms with Crippen LogP contribution in [0, 0.1) is 0 Å². The molecule has 0 aromatic heterocycles. The number of amides is 1. The van der Waals surface area contributed by atoms with Crippen LogP contribution in [0.2, 0.25) is 0 Å². The summed E-state index contributed by atoms with van der Waals surface area (Å²) in [7, 11) is 2.73. The molecule has 1 saturated heterocycles. The fraction of sp³-hybridized carbons (Fsp3) is 0.462. The summed E-state index contributed by atoms with van der Waals surface area (Å²) in [6, 6.07) is 4.24. The molecule has 1 aromatic rings. The number of carbonyl (C=O) groups is 1. The maximum atomic E-state index is 12.0. The molecule has 8 heteroatoms. The van der Waals surface area contributed by atoms with Gasteiger partial charge in [0.15, 0.2) is 0 Å². The zero-order valence-corrected chi connectivity index (χ0v) is 13.2. The van der Waals surface area contributed by atoms with Gasteiger partial charge >= 0.3 is 0 Å². The molecule has 1 aliphatic heterocycles. The summed E-state index contributed by atoms with van der Waals surface area (Å²) in [6.07, 6.45) is 1.000. The Morgan fingerprint density at radius 2 is 2.14 bits per heavy atom. The van der Waals surface area contributed by atoms with E-state index < -0.39 is 15.2 Å². The van der Waals surface area contributed by atoms with Gasteiger partial charge in [-0.15, -0.1) is 0 Å². The molecule has 1 fully saturated rings. The number of nitrogens with one attached hydrogen (secondary N) is 1. The van der Waals surface area contributed by atoms with Crippen LogP contribution in [0.3, 0.4) is 0 Å². The van der Waals surface area contributed by atoms with E-state index >= 15 is 0 Å². The lowest BCUT2D eigenvalue weighted by molar-refractivity contribution is -0.126. The highest BCUT2D eigenvalue weighted by atomic mass is 35.7. The van der Waals surface area contributed by atoms with E-state index in [0.717, 1.165) is 6.42 Å². The standard InChI is InChI=1S/C13H16ClNO5S/c1-8-3-5-11(20-8)13(16)15-9-4-6-10(19-2)12(7-9)21(14,17)18/h4,6-8,11H,3,5H2,1-2H3,(H,15,16). The molecular formula is C13H16ClNO5S. The predicted octanol–water partition coefficient (Wildman–Crippen LogP) is 2.13. The van der Waals surface area contributed by atoms with Crippen LogP contribution in [-0.4, -0.2) is 33.6 Å². The third kappa shape index (κ3) is 3.87. The summed E-state index contributed by atoms with van der Waals surface area (Å²) in [5, 5.41) is 2.63. The number of hydrogen-bond donors (Lipinski definition) is 1. The second-order valence-electron chi connectivity index (χ2n) is 4.81. The van der Waals surface area contributed by atoms with Crippen molar-refractivity contribution >= 4 is 31.3 Å². The Bertz CT molecular complexity index is 646. The van der Waals surface area contributed by atoms with Crippen LogP contribution in [0.4, 0.5) is 5.69 Å². The molecule has 0 spiro atoms. The van der Waals surface area contributed by atoms with Gasteiger partial charge in [-0.1, -0.05) is 0 Å². The van der Waals surface area contributed by atoms with Gasteiger partial charge in [0, 0.05) is 16.4 Å².